The fraction of sp³-hybridized carbons (Fsp3) is 0.750. The highest BCUT2D eigenvalue weighted by atomic mass is 35.5. The Labute approximate surface area is 189 Å². The summed E-state index contributed by atoms with van der Waals surface area (Å²) in [5.41, 5.74) is 3.66. The van der Waals surface area contributed by atoms with Crippen LogP contribution in [0.25, 0.3) is 0 Å². The number of allylic oxidation sites excluding steroid dienone is 3. The summed E-state index contributed by atoms with van der Waals surface area (Å²) in [5.74, 6) is 1.23. The Bertz CT molecular complexity index is 889. The first kappa shape index (κ1) is 20.6. The van der Waals surface area contributed by atoms with Gasteiger partial charge in [-0.25, -0.2) is 0 Å². The Kier molecular flexibility index (Phi) is 4.39. The van der Waals surface area contributed by atoms with Crippen molar-refractivity contribution < 1.29 is 9.59 Å². The van der Waals surface area contributed by atoms with Crippen molar-refractivity contribution in [2.24, 2.45) is 28.6 Å². The van der Waals surface area contributed by atoms with Crippen LogP contribution in [-0.4, -0.2) is 27.1 Å². The van der Waals surface area contributed by atoms with E-state index in [1.807, 2.05) is 6.92 Å². The predicted octanol–water partition coefficient (Wildman–Crippen LogP) is 5.91. The smallest absolute Gasteiger partial charge is 0.184 e. The number of alkyl halides is 2. The first-order valence-electron chi connectivity index (χ1n) is 11.0. The molecule has 0 aromatic rings. The van der Waals surface area contributed by atoms with Gasteiger partial charge in [0.1, 0.15) is 5.78 Å². The minimum Gasteiger partial charge on any atom is -0.300 e. The summed E-state index contributed by atoms with van der Waals surface area (Å²) >= 11 is 19.8. The van der Waals surface area contributed by atoms with E-state index in [1.165, 1.54) is 5.57 Å². The number of ketones is 2. The largest absolute Gasteiger partial charge is 0.300 e. The van der Waals surface area contributed by atoms with Crippen LogP contribution in [0.4, 0.5) is 0 Å². The van der Waals surface area contributed by atoms with Crippen molar-refractivity contribution in [3.63, 3.8) is 0 Å². The molecule has 0 aromatic carbocycles. The molecule has 8 atom stereocenters. The van der Waals surface area contributed by atoms with Gasteiger partial charge in [-0.15, -0.1) is 23.2 Å². The summed E-state index contributed by atoms with van der Waals surface area (Å²) in [6.07, 6.45) is 5.34. The van der Waals surface area contributed by atoms with Gasteiger partial charge >= 0.3 is 0 Å². The maximum atomic E-state index is 13.0. The van der Waals surface area contributed by atoms with E-state index < -0.39 is 10.3 Å². The molecule has 2 nitrogen and oxygen atoms in total. The highest BCUT2D eigenvalue weighted by molar-refractivity contribution is 7.81. The molecule has 0 saturated heterocycles. The zero-order valence-electron chi connectivity index (χ0n) is 17.6. The van der Waals surface area contributed by atoms with E-state index in [4.69, 9.17) is 35.8 Å². The molecule has 0 heterocycles. The standard InChI is InChI=1S/C24H30Cl2O2S/c1-11-14-5-8-17-16-7-6-15(12(2)27)22(16,3)10-19(25)24(17,26)23(14,4)20-13(21(11)28)9-18(20)29/h15-19,29H,5-10H2,1-4H3/t15-,16+,17+,18?,19+,22-,23-,24+/m1/s1. The van der Waals surface area contributed by atoms with Crippen molar-refractivity contribution in [1.29, 1.82) is 0 Å². The number of carbonyl (C=O) groups is 2. The number of halogens is 2. The molecule has 0 N–H and O–H groups in total. The van der Waals surface area contributed by atoms with Gasteiger partial charge < -0.3 is 0 Å². The quantitative estimate of drug-likeness (QED) is 0.396. The van der Waals surface area contributed by atoms with Crippen molar-refractivity contribution in [2.75, 3.05) is 0 Å². The van der Waals surface area contributed by atoms with Crippen LogP contribution in [0, 0.1) is 28.6 Å². The second kappa shape index (κ2) is 6.17. The Morgan fingerprint density at radius 1 is 1.17 bits per heavy atom. The van der Waals surface area contributed by atoms with Crippen LogP contribution in [-0.2, 0) is 9.59 Å². The topological polar surface area (TPSA) is 34.1 Å². The Morgan fingerprint density at radius 3 is 2.48 bits per heavy atom. The summed E-state index contributed by atoms with van der Waals surface area (Å²) in [5, 5.41) is -0.159. The first-order valence-corrected chi connectivity index (χ1v) is 12.3. The Balaban J connectivity index is 1.68. The van der Waals surface area contributed by atoms with Crippen LogP contribution >= 0.6 is 35.8 Å². The van der Waals surface area contributed by atoms with Crippen molar-refractivity contribution in [3.8, 4) is 0 Å². The second-order valence-electron chi connectivity index (χ2n) is 10.6. The molecule has 5 aliphatic carbocycles. The molecule has 1 unspecified atom stereocenters. The van der Waals surface area contributed by atoms with Crippen molar-refractivity contribution in [3.05, 3.63) is 22.3 Å². The third kappa shape index (κ3) is 2.19. The molecule has 0 aliphatic heterocycles. The number of rotatable bonds is 1. The molecule has 0 bridgehead atoms. The first-order chi connectivity index (χ1) is 13.5. The molecular formula is C24H30Cl2O2S. The van der Waals surface area contributed by atoms with E-state index in [0.29, 0.717) is 11.7 Å². The number of thiol groups is 1. The third-order valence-electron chi connectivity index (χ3n) is 9.74. The molecule has 158 valence electrons. The molecular weight excluding hydrogens is 423 g/mol. The summed E-state index contributed by atoms with van der Waals surface area (Å²) in [6, 6.07) is 0. The number of fused-ring (bicyclic) bond motifs is 6. The number of hydrogen-bond donors (Lipinski definition) is 1. The third-order valence-corrected chi connectivity index (χ3v) is 11.7. The van der Waals surface area contributed by atoms with Crippen LogP contribution in [0.1, 0.15) is 66.2 Å². The van der Waals surface area contributed by atoms with Crippen LogP contribution < -0.4 is 0 Å². The molecule has 3 saturated carbocycles. The van der Waals surface area contributed by atoms with Gasteiger partial charge in [-0.1, -0.05) is 19.4 Å². The summed E-state index contributed by atoms with van der Waals surface area (Å²) in [7, 11) is 0. The normalized spacial score (nSPS) is 51.1. The average molecular weight is 453 g/mol. The molecule has 0 amide bonds. The van der Waals surface area contributed by atoms with Gasteiger partial charge in [0.15, 0.2) is 5.78 Å². The van der Waals surface area contributed by atoms with Gasteiger partial charge in [0.25, 0.3) is 0 Å². The van der Waals surface area contributed by atoms with E-state index in [9.17, 15) is 9.59 Å². The zero-order valence-corrected chi connectivity index (χ0v) is 20.1. The van der Waals surface area contributed by atoms with E-state index in [0.717, 1.165) is 55.2 Å². The van der Waals surface area contributed by atoms with Crippen LogP contribution in [0.15, 0.2) is 22.3 Å². The molecule has 5 aliphatic rings. The van der Waals surface area contributed by atoms with Gasteiger partial charge in [0.05, 0.1) is 10.3 Å². The molecule has 3 fully saturated rings. The predicted molar refractivity (Wildman–Crippen MR) is 121 cm³/mol. The summed E-state index contributed by atoms with van der Waals surface area (Å²) in [4.78, 5) is 24.8. The monoisotopic (exact) mass is 452 g/mol. The molecule has 0 aromatic heterocycles. The van der Waals surface area contributed by atoms with Gasteiger partial charge in [0.2, 0.25) is 0 Å². The van der Waals surface area contributed by atoms with Crippen LogP contribution in [0.3, 0.4) is 0 Å². The maximum absolute atomic E-state index is 13.0. The molecule has 29 heavy (non-hydrogen) atoms. The number of Topliss-reactive ketones (excluding diaryl/α,β-unsaturated/α-hetero) is 2. The van der Waals surface area contributed by atoms with E-state index in [2.05, 4.69) is 13.8 Å². The lowest BCUT2D eigenvalue weighted by Gasteiger charge is -2.66. The van der Waals surface area contributed by atoms with Crippen molar-refractivity contribution in [1.82, 2.24) is 0 Å². The zero-order chi connectivity index (χ0) is 21.1. The fourth-order valence-electron chi connectivity index (χ4n) is 8.44. The highest BCUT2D eigenvalue weighted by Gasteiger charge is 2.72. The lowest BCUT2D eigenvalue weighted by molar-refractivity contribution is -0.126. The number of hydrogen-bond acceptors (Lipinski definition) is 3. The lowest BCUT2D eigenvalue weighted by atomic mass is 9.43. The van der Waals surface area contributed by atoms with E-state index >= 15 is 0 Å². The second-order valence-corrected chi connectivity index (χ2v) is 12.4. The van der Waals surface area contributed by atoms with E-state index in [-0.39, 0.29) is 33.7 Å². The summed E-state index contributed by atoms with van der Waals surface area (Å²) in [6.45, 7) is 8.23. The Morgan fingerprint density at radius 2 is 1.86 bits per heavy atom. The van der Waals surface area contributed by atoms with Gasteiger partial charge in [0, 0.05) is 22.2 Å². The molecule has 0 spiro atoms. The van der Waals surface area contributed by atoms with Gasteiger partial charge in [-0.3, -0.25) is 9.59 Å². The maximum Gasteiger partial charge on any atom is 0.184 e. The van der Waals surface area contributed by atoms with Crippen molar-refractivity contribution >= 4 is 47.4 Å². The van der Waals surface area contributed by atoms with Crippen molar-refractivity contribution in [2.45, 2.75) is 81.7 Å². The average Bonchev–Trinajstić information content (AvgIpc) is 2.96. The van der Waals surface area contributed by atoms with Gasteiger partial charge in [-0.2, -0.15) is 12.6 Å². The number of carbonyl (C=O) groups excluding carboxylic acids is 2. The molecule has 0 radical (unpaired) electrons. The van der Waals surface area contributed by atoms with E-state index in [1.54, 1.807) is 6.92 Å². The highest BCUT2D eigenvalue weighted by Crippen LogP contribution is 2.74. The lowest BCUT2D eigenvalue weighted by Crippen LogP contribution is -2.67. The summed E-state index contributed by atoms with van der Waals surface area (Å²) < 4.78 is 0. The van der Waals surface area contributed by atoms with Crippen LogP contribution in [0.2, 0.25) is 0 Å². The van der Waals surface area contributed by atoms with Gasteiger partial charge in [-0.05, 0) is 80.8 Å². The minimum absolute atomic E-state index is 0.0738. The molecule has 5 rings (SSSR count). The SMILES string of the molecule is CC(=O)[C@H]1CC[C@H]2[C@@H]3CCC4=C(C)C(=O)C5=C(C(S)C5)[C@]4(C)[C@@]3(Cl)[C@@H](Cl)C[C@]12C. The fourth-order valence-corrected chi connectivity index (χ4v) is 10.3. The Hall–Kier alpha value is -0.250. The van der Waals surface area contributed by atoms with Crippen LogP contribution in [0.5, 0.6) is 0 Å². The molecule has 5 heteroatoms. The minimum atomic E-state index is -0.637.